The van der Waals surface area contributed by atoms with Gasteiger partial charge in [0.2, 0.25) is 5.91 Å². The van der Waals surface area contributed by atoms with E-state index in [9.17, 15) is 18.0 Å². The van der Waals surface area contributed by atoms with Gasteiger partial charge in [0.05, 0.1) is 16.3 Å². The van der Waals surface area contributed by atoms with Crippen molar-refractivity contribution in [3.8, 4) is 0 Å². The predicted molar refractivity (Wildman–Crippen MR) is 94.3 cm³/mol. The van der Waals surface area contributed by atoms with Crippen molar-refractivity contribution >= 4 is 35.0 Å². The third-order valence-corrected chi connectivity index (χ3v) is 5.32. The molecule has 25 heavy (non-hydrogen) atoms. The van der Waals surface area contributed by atoms with Crippen LogP contribution in [-0.4, -0.2) is 11.7 Å². The van der Waals surface area contributed by atoms with E-state index in [-0.39, 0.29) is 16.7 Å². The third-order valence-electron chi connectivity index (χ3n) is 4.00. The summed E-state index contributed by atoms with van der Waals surface area (Å²) in [5.41, 5.74) is 2.39. The molecule has 7 heteroatoms. The van der Waals surface area contributed by atoms with Gasteiger partial charge in [-0.15, -0.1) is 11.8 Å². The molecule has 0 aromatic heterocycles. The van der Waals surface area contributed by atoms with Gasteiger partial charge >= 0.3 is 6.18 Å². The smallest absolute Gasteiger partial charge is 0.325 e. The standard InChI is InChI=1S/C18H15ClF3NOS/c19-16-7-6-14(9-15(16)18(20,21)22)25-10-17(24)23-13-5-4-11-2-1-3-12(11)8-13/h4-9H,1-3,10H2,(H,23,24). The van der Waals surface area contributed by atoms with Crippen LogP contribution in [0.25, 0.3) is 0 Å². The Morgan fingerprint density at radius 1 is 1.12 bits per heavy atom. The molecule has 0 saturated carbocycles. The quantitative estimate of drug-likeness (QED) is 0.696. The van der Waals surface area contributed by atoms with Crippen LogP contribution >= 0.6 is 23.4 Å². The number of carbonyl (C=O) groups excluding carboxylic acids is 1. The molecular formula is C18H15ClF3NOS. The number of aryl methyl sites for hydroxylation is 2. The van der Waals surface area contributed by atoms with Gasteiger partial charge < -0.3 is 5.32 Å². The van der Waals surface area contributed by atoms with Gasteiger partial charge in [0.25, 0.3) is 0 Å². The second kappa shape index (κ2) is 7.30. The van der Waals surface area contributed by atoms with Crippen LogP contribution in [0.1, 0.15) is 23.1 Å². The average Bonchev–Trinajstić information content (AvgIpc) is 3.00. The predicted octanol–water partition coefficient (Wildman–Crippen LogP) is 5.58. The number of nitrogens with one attached hydrogen (secondary N) is 1. The van der Waals surface area contributed by atoms with Crippen LogP contribution in [0.15, 0.2) is 41.3 Å². The number of hydrogen-bond donors (Lipinski definition) is 1. The number of fused-ring (bicyclic) bond motifs is 1. The maximum absolute atomic E-state index is 12.9. The van der Waals surface area contributed by atoms with Gasteiger partial charge in [-0.25, -0.2) is 0 Å². The second-order valence-electron chi connectivity index (χ2n) is 5.81. The largest absolute Gasteiger partial charge is 0.417 e. The maximum Gasteiger partial charge on any atom is 0.417 e. The Kier molecular flexibility index (Phi) is 5.29. The van der Waals surface area contributed by atoms with Crippen molar-refractivity contribution < 1.29 is 18.0 Å². The second-order valence-corrected chi connectivity index (χ2v) is 7.27. The number of anilines is 1. The first-order valence-corrected chi connectivity index (χ1v) is 9.10. The van der Waals surface area contributed by atoms with Gasteiger partial charge in [-0.3, -0.25) is 4.79 Å². The molecule has 0 aliphatic heterocycles. The van der Waals surface area contributed by atoms with Crippen molar-refractivity contribution in [3.05, 3.63) is 58.1 Å². The molecule has 3 rings (SSSR count). The van der Waals surface area contributed by atoms with E-state index >= 15 is 0 Å². The van der Waals surface area contributed by atoms with Gasteiger partial charge in [-0.05, 0) is 60.7 Å². The zero-order valence-electron chi connectivity index (χ0n) is 13.1. The molecule has 0 spiro atoms. The van der Waals surface area contributed by atoms with Gasteiger partial charge in [0.1, 0.15) is 0 Å². The van der Waals surface area contributed by atoms with Crippen molar-refractivity contribution in [1.29, 1.82) is 0 Å². The van der Waals surface area contributed by atoms with E-state index in [4.69, 9.17) is 11.6 Å². The van der Waals surface area contributed by atoms with Crippen LogP contribution < -0.4 is 5.32 Å². The summed E-state index contributed by atoms with van der Waals surface area (Å²) in [5, 5.41) is 2.44. The lowest BCUT2D eigenvalue weighted by molar-refractivity contribution is -0.137. The first-order valence-electron chi connectivity index (χ1n) is 7.74. The molecule has 0 bridgehead atoms. The van der Waals surface area contributed by atoms with Crippen LogP contribution in [-0.2, 0) is 23.8 Å². The average molecular weight is 386 g/mol. The van der Waals surface area contributed by atoms with E-state index < -0.39 is 11.7 Å². The number of amides is 1. The van der Waals surface area contributed by atoms with Crippen molar-refractivity contribution in [1.82, 2.24) is 0 Å². The van der Waals surface area contributed by atoms with Crippen molar-refractivity contribution in [2.75, 3.05) is 11.1 Å². The number of alkyl halides is 3. The lowest BCUT2D eigenvalue weighted by Crippen LogP contribution is -2.14. The molecule has 1 aliphatic rings. The lowest BCUT2D eigenvalue weighted by atomic mass is 10.1. The minimum Gasteiger partial charge on any atom is -0.325 e. The van der Waals surface area contributed by atoms with E-state index in [0.29, 0.717) is 4.90 Å². The van der Waals surface area contributed by atoms with E-state index in [1.807, 2.05) is 18.2 Å². The maximum atomic E-state index is 12.9. The summed E-state index contributed by atoms with van der Waals surface area (Å²) in [6.45, 7) is 0. The van der Waals surface area contributed by atoms with E-state index in [2.05, 4.69) is 5.32 Å². The van der Waals surface area contributed by atoms with Gasteiger partial charge in [0, 0.05) is 10.6 Å². The molecule has 0 radical (unpaired) electrons. The molecule has 0 fully saturated rings. The SMILES string of the molecule is O=C(CSc1ccc(Cl)c(C(F)(F)F)c1)Nc1ccc2c(c1)CCC2. The summed E-state index contributed by atoms with van der Waals surface area (Å²) in [5.74, 6) is -0.234. The molecular weight excluding hydrogens is 371 g/mol. The zero-order valence-corrected chi connectivity index (χ0v) is 14.7. The Balaban J connectivity index is 1.61. The van der Waals surface area contributed by atoms with Crippen molar-refractivity contribution in [2.45, 2.75) is 30.3 Å². The molecule has 0 heterocycles. The Bertz CT molecular complexity index is 807. The first-order chi connectivity index (χ1) is 11.8. The van der Waals surface area contributed by atoms with Crippen LogP contribution in [0.4, 0.5) is 18.9 Å². The number of thioether (sulfide) groups is 1. The number of benzene rings is 2. The van der Waals surface area contributed by atoms with Gasteiger partial charge in [-0.2, -0.15) is 13.2 Å². The number of carbonyl (C=O) groups is 1. The highest BCUT2D eigenvalue weighted by molar-refractivity contribution is 8.00. The highest BCUT2D eigenvalue weighted by Gasteiger charge is 2.33. The number of rotatable bonds is 4. The highest BCUT2D eigenvalue weighted by Crippen LogP contribution is 2.37. The number of hydrogen-bond acceptors (Lipinski definition) is 2. The fraction of sp³-hybridized carbons (Fsp3) is 0.278. The molecule has 0 atom stereocenters. The summed E-state index contributed by atoms with van der Waals surface area (Å²) in [7, 11) is 0. The monoisotopic (exact) mass is 385 g/mol. The molecule has 1 amide bonds. The topological polar surface area (TPSA) is 29.1 Å². The molecule has 0 saturated heterocycles. The summed E-state index contributed by atoms with van der Waals surface area (Å²) < 4.78 is 38.6. The fourth-order valence-corrected chi connectivity index (χ4v) is 3.77. The van der Waals surface area contributed by atoms with E-state index in [1.165, 1.54) is 23.3 Å². The summed E-state index contributed by atoms with van der Waals surface area (Å²) in [4.78, 5) is 12.4. The number of halogens is 4. The van der Waals surface area contributed by atoms with Crippen LogP contribution in [0.5, 0.6) is 0 Å². The Morgan fingerprint density at radius 3 is 2.64 bits per heavy atom. The minimum absolute atomic E-state index is 0.0238. The lowest BCUT2D eigenvalue weighted by Gasteiger charge is -2.11. The van der Waals surface area contributed by atoms with Crippen LogP contribution in [0, 0.1) is 0 Å². The molecule has 1 aliphatic carbocycles. The molecule has 132 valence electrons. The van der Waals surface area contributed by atoms with Crippen LogP contribution in [0.2, 0.25) is 5.02 Å². The molecule has 0 unspecified atom stereocenters. The molecule has 2 nitrogen and oxygen atoms in total. The zero-order chi connectivity index (χ0) is 18.0. The minimum atomic E-state index is -4.51. The van der Waals surface area contributed by atoms with Gasteiger partial charge in [-0.1, -0.05) is 17.7 Å². The van der Waals surface area contributed by atoms with Crippen molar-refractivity contribution in [2.24, 2.45) is 0 Å². The Hall–Kier alpha value is -1.66. The summed E-state index contributed by atoms with van der Waals surface area (Å²) in [6.07, 6.45) is -1.31. The summed E-state index contributed by atoms with van der Waals surface area (Å²) in [6, 6.07) is 9.48. The first kappa shape index (κ1) is 18.1. The Morgan fingerprint density at radius 2 is 1.88 bits per heavy atom. The highest BCUT2D eigenvalue weighted by atomic mass is 35.5. The van der Waals surface area contributed by atoms with Gasteiger partial charge in [0.15, 0.2) is 0 Å². The van der Waals surface area contributed by atoms with Crippen molar-refractivity contribution in [3.63, 3.8) is 0 Å². The Labute approximate surface area is 152 Å². The normalized spacial score (nSPS) is 13.6. The van der Waals surface area contributed by atoms with E-state index in [0.717, 1.165) is 42.8 Å². The van der Waals surface area contributed by atoms with E-state index in [1.54, 1.807) is 0 Å². The summed E-state index contributed by atoms with van der Waals surface area (Å²) >= 11 is 6.63. The fourth-order valence-electron chi connectivity index (χ4n) is 2.81. The van der Waals surface area contributed by atoms with Crippen LogP contribution in [0.3, 0.4) is 0 Å². The molecule has 1 N–H and O–H groups in total. The molecule has 2 aromatic rings. The molecule has 2 aromatic carbocycles. The third kappa shape index (κ3) is 4.50.